The first-order valence-electron chi connectivity index (χ1n) is 11.1. The number of H-pyrrole nitrogens is 1. The fourth-order valence-electron chi connectivity index (χ4n) is 4.71. The Morgan fingerprint density at radius 3 is 2.37 bits per heavy atom. The Bertz CT molecular complexity index is 1380. The van der Waals surface area contributed by atoms with Crippen molar-refractivity contribution in [2.75, 3.05) is 13.7 Å². The molecule has 5 rings (SSSR count). The van der Waals surface area contributed by atoms with E-state index in [1.165, 1.54) is 7.11 Å². The van der Waals surface area contributed by atoms with Gasteiger partial charge in [-0.05, 0) is 33.9 Å². The van der Waals surface area contributed by atoms with Crippen molar-refractivity contribution in [3.8, 4) is 16.9 Å². The molecule has 1 atom stereocenters. The second-order valence-electron chi connectivity index (χ2n) is 8.41. The van der Waals surface area contributed by atoms with E-state index in [1.807, 2.05) is 36.4 Å². The van der Waals surface area contributed by atoms with E-state index >= 15 is 0 Å². The standard InChI is InChI=1S/C27H23ClN2O5/c1-34-16-11-21-15(13-29-25(21)23(28)12-16)10-24(26(31)32)30-27(33)35-14-22-19-8-4-2-6-17(19)18-7-3-5-9-20(18)22/h2-9,11-13,22,24,29H,10,14H2,1H3,(H,30,33)(H,31,32)/t24-/m0/s1. The number of nitrogens with one attached hydrogen (secondary N) is 2. The summed E-state index contributed by atoms with van der Waals surface area (Å²) in [6.07, 6.45) is 0.948. The number of hydrogen-bond acceptors (Lipinski definition) is 4. The number of methoxy groups -OCH3 is 1. The zero-order chi connectivity index (χ0) is 24.5. The highest BCUT2D eigenvalue weighted by Gasteiger charge is 2.30. The number of rotatable bonds is 7. The number of halogens is 1. The van der Waals surface area contributed by atoms with Gasteiger partial charge in [0.1, 0.15) is 18.4 Å². The molecular formula is C27H23ClN2O5. The van der Waals surface area contributed by atoms with Gasteiger partial charge in [-0.25, -0.2) is 9.59 Å². The molecule has 8 heteroatoms. The number of amides is 1. The minimum absolute atomic E-state index is 0.0447. The van der Waals surface area contributed by atoms with Crippen LogP contribution in [0.25, 0.3) is 22.0 Å². The van der Waals surface area contributed by atoms with Crippen molar-refractivity contribution in [1.82, 2.24) is 10.3 Å². The van der Waals surface area contributed by atoms with Gasteiger partial charge in [0.15, 0.2) is 0 Å². The third-order valence-corrected chi connectivity index (χ3v) is 6.69. The molecule has 4 aromatic rings. The summed E-state index contributed by atoms with van der Waals surface area (Å²) in [7, 11) is 1.53. The number of hydrogen-bond donors (Lipinski definition) is 3. The van der Waals surface area contributed by atoms with Gasteiger partial charge in [-0.3, -0.25) is 0 Å². The van der Waals surface area contributed by atoms with Crippen molar-refractivity contribution in [1.29, 1.82) is 0 Å². The van der Waals surface area contributed by atoms with Crippen LogP contribution in [0.5, 0.6) is 5.75 Å². The minimum atomic E-state index is -1.19. The van der Waals surface area contributed by atoms with Crippen LogP contribution >= 0.6 is 11.6 Å². The van der Waals surface area contributed by atoms with Crippen LogP contribution in [0.4, 0.5) is 4.79 Å². The molecule has 1 amide bonds. The Balaban J connectivity index is 1.30. The first-order chi connectivity index (χ1) is 17.0. The van der Waals surface area contributed by atoms with Gasteiger partial charge in [0, 0.05) is 30.0 Å². The molecule has 3 N–H and O–H groups in total. The van der Waals surface area contributed by atoms with Crippen molar-refractivity contribution in [3.63, 3.8) is 0 Å². The molecule has 0 saturated carbocycles. The normalized spacial score (nSPS) is 13.2. The van der Waals surface area contributed by atoms with Gasteiger partial charge in [-0.15, -0.1) is 0 Å². The average Bonchev–Trinajstić information content (AvgIpc) is 3.41. The van der Waals surface area contributed by atoms with Crippen molar-refractivity contribution < 1.29 is 24.2 Å². The number of aromatic amines is 1. The van der Waals surface area contributed by atoms with Crippen molar-refractivity contribution in [2.45, 2.75) is 18.4 Å². The van der Waals surface area contributed by atoms with Gasteiger partial charge >= 0.3 is 12.1 Å². The molecular weight excluding hydrogens is 468 g/mol. The molecule has 0 bridgehead atoms. The van der Waals surface area contributed by atoms with Gasteiger partial charge < -0.3 is 24.9 Å². The predicted octanol–water partition coefficient (Wildman–Crippen LogP) is 5.36. The van der Waals surface area contributed by atoms with Crippen LogP contribution in [-0.4, -0.2) is 41.9 Å². The molecule has 0 aliphatic heterocycles. The zero-order valence-electron chi connectivity index (χ0n) is 18.9. The molecule has 0 radical (unpaired) electrons. The number of benzene rings is 3. The highest BCUT2D eigenvalue weighted by atomic mass is 35.5. The summed E-state index contributed by atoms with van der Waals surface area (Å²) in [4.78, 5) is 27.6. The van der Waals surface area contributed by atoms with Crippen LogP contribution in [0.3, 0.4) is 0 Å². The molecule has 3 aromatic carbocycles. The number of aliphatic carboxylic acids is 1. The maximum absolute atomic E-state index is 12.6. The second-order valence-corrected chi connectivity index (χ2v) is 8.82. The number of fused-ring (bicyclic) bond motifs is 4. The number of carboxylic acids is 1. The summed E-state index contributed by atoms with van der Waals surface area (Å²) in [5, 5.41) is 13.4. The molecule has 1 heterocycles. The Kier molecular flexibility index (Phi) is 6.09. The molecule has 0 unspecified atom stereocenters. The molecule has 178 valence electrons. The van der Waals surface area contributed by atoms with E-state index < -0.39 is 18.1 Å². The quantitative estimate of drug-likeness (QED) is 0.323. The van der Waals surface area contributed by atoms with Gasteiger partial charge in [0.25, 0.3) is 0 Å². The number of carbonyl (C=O) groups excluding carboxylic acids is 1. The lowest BCUT2D eigenvalue weighted by Crippen LogP contribution is -2.42. The molecule has 0 spiro atoms. The zero-order valence-corrected chi connectivity index (χ0v) is 19.6. The molecule has 7 nitrogen and oxygen atoms in total. The molecule has 1 aliphatic rings. The number of carbonyl (C=O) groups is 2. The second kappa shape index (κ2) is 9.35. The SMILES string of the molecule is COc1cc(Cl)c2[nH]cc(C[C@H](NC(=O)OCC3c4ccccc4-c4ccccc43)C(=O)O)c2c1. The summed E-state index contributed by atoms with van der Waals surface area (Å²) in [5.41, 5.74) is 5.77. The van der Waals surface area contributed by atoms with Crippen LogP contribution < -0.4 is 10.1 Å². The number of alkyl carbamates (subject to hydrolysis) is 1. The Morgan fingerprint density at radius 1 is 1.09 bits per heavy atom. The lowest BCUT2D eigenvalue weighted by atomic mass is 9.98. The first-order valence-corrected chi connectivity index (χ1v) is 11.5. The lowest BCUT2D eigenvalue weighted by molar-refractivity contribution is -0.139. The van der Waals surface area contributed by atoms with Crippen molar-refractivity contribution >= 4 is 34.6 Å². The van der Waals surface area contributed by atoms with E-state index in [4.69, 9.17) is 21.1 Å². The van der Waals surface area contributed by atoms with Crippen LogP contribution in [0.15, 0.2) is 66.9 Å². The molecule has 0 saturated heterocycles. The van der Waals surface area contributed by atoms with Gasteiger partial charge in [-0.2, -0.15) is 0 Å². The van der Waals surface area contributed by atoms with Crippen LogP contribution in [0, 0.1) is 0 Å². The Hall–Kier alpha value is -3.97. The van der Waals surface area contributed by atoms with Gasteiger partial charge in [0.2, 0.25) is 0 Å². The van der Waals surface area contributed by atoms with E-state index in [2.05, 4.69) is 22.4 Å². The molecule has 1 aliphatic carbocycles. The summed E-state index contributed by atoms with van der Waals surface area (Å²) in [6, 6.07) is 18.3. The summed E-state index contributed by atoms with van der Waals surface area (Å²) >= 11 is 6.30. The lowest BCUT2D eigenvalue weighted by Gasteiger charge is -2.17. The maximum Gasteiger partial charge on any atom is 0.407 e. The highest BCUT2D eigenvalue weighted by Crippen LogP contribution is 2.44. The Labute approximate surface area is 206 Å². The number of ether oxygens (including phenoxy) is 2. The van der Waals surface area contributed by atoms with E-state index in [0.29, 0.717) is 21.9 Å². The summed E-state index contributed by atoms with van der Waals surface area (Å²) < 4.78 is 10.8. The van der Waals surface area contributed by atoms with E-state index in [1.54, 1.807) is 18.3 Å². The molecule has 35 heavy (non-hydrogen) atoms. The smallest absolute Gasteiger partial charge is 0.407 e. The van der Waals surface area contributed by atoms with Crippen LogP contribution in [-0.2, 0) is 16.0 Å². The third-order valence-electron chi connectivity index (χ3n) is 6.39. The molecule has 0 fully saturated rings. The van der Waals surface area contributed by atoms with Gasteiger partial charge in [-0.1, -0.05) is 60.1 Å². The van der Waals surface area contributed by atoms with Gasteiger partial charge in [0.05, 0.1) is 17.6 Å². The maximum atomic E-state index is 12.6. The highest BCUT2D eigenvalue weighted by molar-refractivity contribution is 6.35. The Morgan fingerprint density at radius 2 is 1.74 bits per heavy atom. The van der Waals surface area contributed by atoms with Crippen molar-refractivity contribution in [3.05, 3.63) is 88.6 Å². The first kappa shape index (κ1) is 22.8. The molecule has 1 aromatic heterocycles. The number of carboxylic acid groups (broad SMARTS) is 1. The monoisotopic (exact) mass is 490 g/mol. The summed E-state index contributed by atoms with van der Waals surface area (Å²) in [6.45, 7) is 0.103. The fourth-order valence-corrected chi connectivity index (χ4v) is 4.97. The largest absolute Gasteiger partial charge is 0.497 e. The topological polar surface area (TPSA) is 101 Å². The van der Waals surface area contributed by atoms with E-state index in [9.17, 15) is 14.7 Å². The summed E-state index contributed by atoms with van der Waals surface area (Å²) in [5.74, 6) is -0.721. The van der Waals surface area contributed by atoms with E-state index in [0.717, 1.165) is 27.6 Å². The average molecular weight is 491 g/mol. The van der Waals surface area contributed by atoms with Crippen LogP contribution in [0.1, 0.15) is 22.6 Å². The van der Waals surface area contributed by atoms with Crippen molar-refractivity contribution in [2.24, 2.45) is 0 Å². The fraction of sp³-hybridized carbons (Fsp3) is 0.185. The predicted molar refractivity (Wildman–Crippen MR) is 133 cm³/mol. The van der Waals surface area contributed by atoms with E-state index in [-0.39, 0.29) is 18.9 Å². The third kappa shape index (κ3) is 4.31. The number of aromatic nitrogens is 1. The minimum Gasteiger partial charge on any atom is -0.497 e. The van der Waals surface area contributed by atoms with Crippen LogP contribution in [0.2, 0.25) is 5.02 Å².